The number of amides is 1. The van der Waals surface area contributed by atoms with Gasteiger partial charge in [0.1, 0.15) is 5.01 Å². The molecule has 0 aliphatic rings. The fourth-order valence-corrected chi connectivity index (χ4v) is 4.07. The summed E-state index contributed by atoms with van der Waals surface area (Å²) in [5.41, 5.74) is 3.49. The maximum atomic E-state index is 12.2. The minimum atomic E-state index is -0.0694. The van der Waals surface area contributed by atoms with Gasteiger partial charge >= 0.3 is 0 Å². The first kappa shape index (κ1) is 16.8. The summed E-state index contributed by atoms with van der Waals surface area (Å²) < 4.78 is 1.12. The summed E-state index contributed by atoms with van der Waals surface area (Å²) >= 11 is 8.05. The molecule has 0 atom stereocenters. The monoisotopic (exact) mass is 378 g/mol. The van der Waals surface area contributed by atoms with Crippen molar-refractivity contribution in [2.24, 2.45) is 0 Å². The van der Waals surface area contributed by atoms with Crippen molar-refractivity contribution in [2.75, 3.05) is 5.32 Å². The Morgan fingerprint density at radius 1 is 1.00 bits per heavy atom. The number of benzene rings is 3. The molecule has 4 rings (SSSR count). The summed E-state index contributed by atoms with van der Waals surface area (Å²) in [7, 11) is 0. The minimum absolute atomic E-state index is 0.0694. The third-order valence-corrected chi connectivity index (χ3v) is 5.37. The number of thiazole rings is 1. The summed E-state index contributed by atoms with van der Waals surface area (Å²) in [6, 6.07) is 23.2. The van der Waals surface area contributed by atoms with E-state index < -0.39 is 0 Å². The maximum absolute atomic E-state index is 12.2. The molecular weight excluding hydrogens is 364 g/mol. The minimum Gasteiger partial charge on any atom is -0.326 e. The second kappa shape index (κ2) is 7.28. The number of aromatic nitrogens is 1. The average molecular weight is 379 g/mol. The molecule has 0 aliphatic heterocycles. The van der Waals surface area contributed by atoms with Gasteiger partial charge < -0.3 is 5.32 Å². The molecule has 26 heavy (non-hydrogen) atoms. The van der Waals surface area contributed by atoms with Crippen LogP contribution in [0.15, 0.2) is 72.8 Å². The van der Waals surface area contributed by atoms with Crippen LogP contribution in [0.25, 0.3) is 20.8 Å². The first-order valence-corrected chi connectivity index (χ1v) is 9.38. The zero-order valence-electron chi connectivity index (χ0n) is 13.8. The molecule has 1 aromatic heterocycles. The van der Waals surface area contributed by atoms with Gasteiger partial charge in [-0.05, 0) is 35.9 Å². The highest BCUT2D eigenvalue weighted by molar-refractivity contribution is 7.21. The van der Waals surface area contributed by atoms with Gasteiger partial charge in [0.25, 0.3) is 0 Å². The van der Waals surface area contributed by atoms with Crippen LogP contribution in [0.5, 0.6) is 0 Å². The Morgan fingerprint density at radius 3 is 2.54 bits per heavy atom. The van der Waals surface area contributed by atoms with E-state index in [-0.39, 0.29) is 5.91 Å². The van der Waals surface area contributed by atoms with E-state index in [0.717, 1.165) is 26.4 Å². The van der Waals surface area contributed by atoms with E-state index in [1.54, 1.807) is 17.4 Å². The topological polar surface area (TPSA) is 42.0 Å². The summed E-state index contributed by atoms with van der Waals surface area (Å²) in [5.74, 6) is -0.0694. The largest absolute Gasteiger partial charge is 0.326 e. The van der Waals surface area contributed by atoms with Crippen LogP contribution in [-0.2, 0) is 11.2 Å². The number of fused-ring (bicyclic) bond motifs is 1. The first-order valence-electron chi connectivity index (χ1n) is 8.18. The van der Waals surface area contributed by atoms with Crippen molar-refractivity contribution in [3.05, 3.63) is 83.4 Å². The molecule has 5 heteroatoms. The molecule has 0 spiro atoms. The Hall–Kier alpha value is -2.69. The van der Waals surface area contributed by atoms with Crippen LogP contribution < -0.4 is 5.32 Å². The zero-order valence-corrected chi connectivity index (χ0v) is 15.3. The van der Waals surface area contributed by atoms with Crippen LogP contribution in [0.2, 0.25) is 5.02 Å². The molecule has 0 saturated heterocycles. The van der Waals surface area contributed by atoms with Crippen molar-refractivity contribution in [1.29, 1.82) is 0 Å². The van der Waals surface area contributed by atoms with E-state index in [0.29, 0.717) is 17.1 Å². The number of carbonyl (C=O) groups excluding carboxylic acids is 1. The molecule has 0 unspecified atom stereocenters. The van der Waals surface area contributed by atoms with Crippen molar-refractivity contribution in [2.45, 2.75) is 6.42 Å². The highest BCUT2D eigenvalue weighted by Gasteiger charge is 2.11. The van der Waals surface area contributed by atoms with Crippen LogP contribution in [0, 0.1) is 0 Å². The molecule has 0 fully saturated rings. The third-order valence-electron chi connectivity index (χ3n) is 3.98. The molecule has 0 aliphatic carbocycles. The Balaban J connectivity index is 1.53. The van der Waals surface area contributed by atoms with Gasteiger partial charge in [-0.3, -0.25) is 4.79 Å². The maximum Gasteiger partial charge on any atom is 0.228 e. The number of anilines is 1. The van der Waals surface area contributed by atoms with Crippen LogP contribution >= 0.6 is 22.9 Å². The van der Waals surface area contributed by atoms with Crippen molar-refractivity contribution < 1.29 is 4.79 Å². The van der Waals surface area contributed by atoms with Crippen molar-refractivity contribution in [1.82, 2.24) is 4.98 Å². The number of para-hydroxylation sites is 1. The van der Waals surface area contributed by atoms with Gasteiger partial charge in [-0.15, -0.1) is 11.3 Å². The molecule has 0 radical (unpaired) electrons. The first-order chi connectivity index (χ1) is 12.7. The Bertz CT molecular complexity index is 1040. The number of nitrogens with zero attached hydrogens (tertiary/aromatic N) is 1. The van der Waals surface area contributed by atoms with Crippen LogP contribution in [-0.4, -0.2) is 10.9 Å². The Kier molecular flexibility index (Phi) is 4.69. The molecule has 1 amide bonds. The Morgan fingerprint density at radius 2 is 1.77 bits per heavy atom. The predicted molar refractivity (Wildman–Crippen MR) is 109 cm³/mol. The van der Waals surface area contributed by atoms with E-state index in [1.807, 2.05) is 66.7 Å². The zero-order chi connectivity index (χ0) is 17.9. The Labute approximate surface area is 160 Å². The fourth-order valence-electron chi connectivity index (χ4n) is 2.74. The van der Waals surface area contributed by atoms with Crippen molar-refractivity contribution >= 4 is 44.7 Å². The highest BCUT2D eigenvalue weighted by Crippen LogP contribution is 2.35. The van der Waals surface area contributed by atoms with Gasteiger partial charge in [0, 0.05) is 11.3 Å². The molecule has 1 N–H and O–H groups in total. The molecule has 0 saturated carbocycles. The quantitative estimate of drug-likeness (QED) is 0.487. The lowest BCUT2D eigenvalue weighted by atomic mass is 10.1. The van der Waals surface area contributed by atoms with Gasteiger partial charge in [0.05, 0.1) is 21.7 Å². The van der Waals surface area contributed by atoms with Gasteiger partial charge in [-0.2, -0.15) is 0 Å². The van der Waals surface area contributed by atoms with E-state index in [1.165, 1.54) is 0 Å². The summed E-state index contributed by atoms with van der Waals surface area (Å²) in [6.45, 7) is 0. The lowest BCUT2D eigenvalue weighted by molar-refractivity contribution is -0.115. The molecule has 128 valence electrons. The van der Waals surface area contributed by atoms with Crippen molar-refractivity contribution in [3.63, 3.8) is 0 Å². The molecular formula is C21H15ClN2OS. The lowest BCUT2D eigenvalue weighted by Gasteiger charge is -2.08. The van der Waals surface area contributed by atoms with Crippen LogP contribution in [0.1, 0.15) is 5.56 Å². The normalized spacial score (nSPS) is 10.8. The molecule has 1 heterocycles. The molecule has 4 aromatic rings. The van der Waals surface area contributed by atoms with Gasteiger partial charge in [0.2, 0.25) is 5.91 Å². The number of hydrogen-bond donors (Lipinski definition) is 1. The molecule has 0 bridgehead atoms. The second-order valence-electron chi connectivity index (χ2n) is 5.89. The van der Waals surface area contributed by atoms with Crippen molar-refractivity contribution in [3.8, 4) is 10.6 Å². The number of rotatable bonds is 4. The fraction of sp³-hybridized carbons (Fsp3) is 0.0476. The van der Waals surface area contributed by atoms with Gasteiger partial charge in [-0.1, -0.05) is 54.1 Å². The van der Waals surface area contributed by atoms with Crippen LogP contribution in [0.3, 0.4) is 0 Å². The summed E-state index contributed by atoms with van der Waals surface area (Å²) in [4.78, 5) is 16.8. The molecule has 3 nitrogen and oxygen atoms in total. The van der Waals surface area contributed by atoms with Gasteiger partial charge in [-0.25, -0.2) is 4.98 Å². The van der Waals surface area contributed by atoms with E-state index in [9.17, 15) is 4.79 Å². The van der Waals surface area contributed by atoms with E-state index in [4.69, 9.17) is 11.6 Å². The highest BCUT2D eigenvalue weighted by atomic mass is 35.5. The van der Waals surface area contributed by atoms with Crippen LogP contribution in [0.4, 0.5) is 5.69 Å². The lowest BCUT2D eigenvalue weighted by Crippen LogP contribution is -2.14. The smallest absolute Gasteiger partial charge is 0.228 e. The molecule has 3 aromatic carbocycles. The number of carbonyl (C=O) groups is 1. The number of hydrogen-bond acceptors (Lipinski definition) is 3. The van der Waals surface area contributed by atoms with Gasteiger partial charge in [0.15, 0.2) is 0 Å². The standard InChI is InChI=1S/C21H15ClN2OS/c22-17-13-15(23-20(25)12-14-6-2-1-3-7-14)10-11-16(17)21-24-18-8-4-5-9-19(18)26-21/h1-11,13H,12H2,(H,23,25). The van der Waals surface area contributed by atoms with E-state index >= 15 is 0 Å². The average Bonchev–Trinajstić information content (AvgIpc) is 3.06. The summed E-state index contributed by atoms with van der Waals surface area (Å²) in [6.07, 6.45) is 0.331. The number of nitrogens with one attached hydrogen (secondary N) is 1. The second-order valence-corrected chi connectivity index (χ2v) is 7.33. The number of halogens is 1. The predicted octanol–water partition coefficient (Wildman–Crippen LogP) is 5.80. The SMILES string of the molecule is O=C(Cc1ccccc1)Nc1ccc(-c2nc3ccccc3s2)c(Cl)c1. The third kappa shape index (κ3) is 3.62. The summed E-state index contributed by atoms with van der Waals surface area (Å²) in [5, 5.41) is 4.34. The van der Waals surface area contributed by atoms with E-state index in [2.05, 4.69) is 10.3 Å².